The third kappa shape index (κ3) is 11.5. The zero-order chi connectivity index (χ0) is 46.7. The van der Waals surface area contributed by atoms with Crippen molar-refractivity contribution >= 4 is 35.4 Å². The normalized spacial score (nSPS) is 21.7. The number of amides is 6. The van der Waals surface area contributed by atoms with Crippen LogP contribution in [0.5, 0.6) is 0 Å². The SMILES string of the molecule is CN[C@@H](C)C(=O)N[C@@H](CC#Cc1ccc(C[C@H](NC(=O)[C@H](C)NC)C(=O)N2CCC[C@H]2C(=O)N[C@@H]2CCCc3ccccc32)cc1)C(=O)N1CCC[C@H]1C(=O)NC1CCCc2ccccc21. The van der Waals surface area contributed by atoms with Crippen LogP contribution >= 0.6 is 0 Å². The molecular weight excluding hydrogens is 833 g/mol. The lowest BCUT2D eigenvalue weighted by molar-refractivity contribution is -0.141. The van der Waals surface area contributed by atoms with Crippen molar-refractivity contribution in [2.75, 3.05) is 27.2 Å². The monoisotopic (exact) mass is 899 g/mol. The van der Waals surface area contributed by atoms with Crippen molar-refractivity contribution in [3.8, 4) is 11.8 Å². The molecule has 8 atom stereocenters. The fourth-order valence-corrected chi connectivity index (χ4v) is 9.82. The third-order valence-electron chi connectivity index (χ3n) is 13.9. The lowest BCUT2D eigenvalue weighted by atomic mass is 9.87. The highest BCUT2D eigenvalue weighted by molar-refractivity contribution is 5.95. The Balaban J connectivity index is 1.02. The molecule has 66 heavy (non-hydrogen) atoms. The van der Waals surface area contributed by atoms with Crippen LogP contribution in [0.4, 0.5) is 0 Å². The molecule has 0 spiro atoms. The van der Waals surface area contributed by atoms with Gasteiger partial charge in [0.05, 0.1) is 24.2 Å². The highest BCUT2D eigenvalue weighted by Gasteiger charge is 2.40. The molecule has 0 radical (unpaired) electrons. The summed E-state index contributed by atoms with van der Waals surface area (Å²) in [5.41, 5.74) is 6.17. The summed E-state index contributed by atoms with van der Waals surface area (Å²) in [4.78, 5) is 85.8. The van der Waals surface area contributed by atoms with Crippen LogP contribution in [0.3, 0.4) is 0 Å². The molecule has 3 aromatic rings. The van der Waals surface area contributed by atoms with E-state index in [1.54, 1.807) is 37.7 Å². The quantitative estimate of drug-likeness (QED) is 0.126. The topological polar surface area (TPSA) is 181 Å². The van der Waals surface area contributed by atoms with Gasteiger partial charge in [0, 0.05) is 31.5 Å². The second-order valence-electron chi connectivity index (χ2n) is 18.2. The average Bonchev–Trinajstić information content (AvgIpc) is 4.05. The zero-order valence-corrected chi connectivity index (χ0v) is 38.8. The van der Waals surface area contributed by atoms with Crippen molar-refractivity contribution < 1.29 is 28.8 Å². The summed E-state index contributed by atoms with van der Waals surface area (Å²) >= 11 is 0. The number of likely N-dealkylation sites (N-methyl/N-ethyl adjacent to an activating group) is 2. The maximum Gasteiger partial charge on any atom is 0.246 e. The Kier molecular flexibility index (Phi) is 16.3. The van der Waals surface area contributed by atoms with Crippen LogP contribution in [0.1, 0.15) is 117 Å². The molecule has 0 bridgehead atoms. The van der Waals surface area contributed by atoms with E-state index in [1.807, 2.05) is 48.5 Å². The number of likely N-dealkylation sites (tertiary alicyclic amines) is 2. The van der Waals surface area contributed by atoms with Crippen molar-refractivity contribution in [1.82, 2.24) is 41.7 Å². The van der Waals surface area contributed by atoms with Crippen LogP contribution in [0.15, 0.2) is 72.8 Å². The minimum absolute atomic E-state index is 0.0215. The van der Waals surface area contributed by atoms with E-state index in [4.69, 9.17) is 0 Å². The Bertz CT molecular complexity index is 2310. The molecule has 350 valence electrons. The number of rotatable bonds is 15. The Morgan fingerprint density at radius 1 is 0.606 bits per heavy atom. The van der Waals surface area contributed by atoms with E-state index in [1.165, 1.54) is 11.1 Å². The summed E-state index contributed by atoms with van der Waals surface area (Å²) in [6.45, 7) is 4.25. The number of aryl methyl sites for hydroxylation is 2. The van der Waals surface area contributed by atoms with E-state index >= 15 is 0 Å². The Labute approximate surface area is 389 Å². The molecule has 3 aromatic carbocycles. The van der Waals surface area contributed by atoms with Gasteiger partial charge in [-0.3, -0.25) is 28.8 Å². The summed E-state index contributed by atoms with van der Waals surface area (Å²) in [6, 6.07) is 19.2. The average molecular weight is 899 g/mol. The predicted molar refractivity (Wildman–Crippen MR) is 253 cm³/mol. The van der Waals surface area contributed by atoms with Crippen LogP contribution in [0.25, 0.3) is 0 Å². The molecule has 2 aliphatic heterocycles. The van der Waals surface area contributed by atoms with Crippen LogP contribution in [-0.2, 0) is 48.0 Å². The molecular formula is C52H66N8O6. The molecule has 2 heterocycles. The number of fused-ring (bicyclic) bond motifs is 2. The number of nitrogens with zero attached hydrogens (tertiary/aromatic N) is 2. The van der Waals surface area contributed by atoms with Crippen LogP contribution in [0.2, 0.25) is 0 Å². The second kappa shape index (κ2) is 22.4. The zero-order valence-electron chi connectivity index (χ0n) is 38.8. The molecule has 14 heteroatoms. The van der Waals surface area contributed by atoms with Gasteiger partial charge in [-0.2, -0.15) is 0 Å². The summed E-state index contributed by atoms with van der Waals surface area (Å²) in [6.07, 6.45) is 8.22. The Hall–Kier alpha value is -6.04. The minimum Gasteiger partial charge on any atom is -0.347 e. The number of hydrogen-bond acceptors (Lipinski definition) is 8. The molecule has 2 fully saturated rings. The van der Waals surface area contributed by atoms with Crippen LogP contribution in [0, 0.1) is 11.8 Å². The Morgan fingerprint density at radius 2 is 1.08 bits per heavy atom. The first-order chi connectivity index (χ1) is 31.9. The largest absolute Gasteiger partial charge is 0.347 e. The Morgan fingerprint density at radius 3 is 1.58 bits per heavy atom. The summed E-state index contributed by atoms with van der Waals surface area (Å²) in [5.74, 6) is 4.55. The van der Waals surface area contributed by atoms with Gasteiger partial charge >= 0.3 is 0 Å². The van der Waals surface area contributed by atoms with Crippen molar-refractivity contribution in [2.24, 2.45) is 0 Å². The molecule has 7 rings (SSSR count). The molecule has 4 aliphatic rings. The number of nitrogens with one attached hydrogen (secondary N) is 6. The van der Waals surface area contributed by atoms with Crippen molar-refractivity contribution in [3.05, 3.63) is 106 Å². The van der Waals surface area contributed by atoms with E-state index in [0.29, 0.717) is 44.3 Å². The minimum atomic E-state index is -0.978. The fraction of sp³-hybridized carbons (Fsp3) is 0.500. The van der Waals surface area contributed by atoms with E-state index in [-0.39, 0.29) is 60.4 Å². The molecule has 6 amide bonds. The van der Waals surface area contributed by atoms with Crippen molar-refractivity contribution in [3.63, 3.8) is 0 Å². The van der Waals surface area contributed by atoms with Gasteiger partial charge < -0.3 is 41.7 Å². The van der Waals surface area contributed by atoms with Crippen molar-refractivity contribution in [1.29, 1.82) is 0 Å². The highest BCUT2D eigenvalue weighted by atomic mass is 16.2. The van der Waals surface area contributed by atoms with Gasteiger partial charge in [-0.05, 0) is 132 Å². The highest BCUT2D eigenvalue weighted by Crippen LogP contribution is 2.32. The molecule has 2 aliphatic carbocycles. The second-order valence-corrected chi connectivity index (χ2v) is 18.2. The number of carbonyl (C=O) groups excluding carboxylic acids is 6. The number of benzene rings is 3. The maximum atomic E-state index is 14.4. The van der Waals surface area contributed by atoms with Crippen molar-refractivity contribution in [2.45, 2.75) is 139 Å². The summed E-state index contributed by atoms with van der Waals surface area (Å²) < 4.78 is 0. The van der Waals surface area contributed by atoms with E-state index in [0.717, 1.165) is 55.2 Å². The molecule has 2 saturated heterocycles. The predicted octanol–water partition coefficient (Wildman–Crippen LogP) is 3.53. The molecule has 6 N–H and O–H groups in total. The van der Waals surface area contributed by atoms with Gasteiger partial charge in [-0.15, -0.1) is 0 Å². The van der Waals surface area contributed by atoms with E-state index in [2.05, 4.69) is 68.0 Å². The lowest BCUT2D eigenvalue weighted by Crippen LogP contribution is -2.56. The molecule has 14 nitrogen and oxygen atoms in total. The van der Waals surface area contributed by atoms with Gasteiger partial charge in [-0.1, -0.05) is 72.5 Å². The first kappa shape index (κ1) is 47.9. The van der Waals surface area contributed by atoms with Gasteiger partial charge in [0.2, 0.25) is 35.4 Å². The van der Waals surface area contributed by atoms with Crippen LogP contribution in [-0.4, -0.2) is 109 Å². The fourth-order valence-electron chi connectivity index (χ4n) is 9.82. The molecule has 0 aromatic heterocycles. The van der Waals surface area contributed by atoms with E-state index in [9.17, 15) is 28.8 Å². The lowest BCUT2D eigenvalue weighted by Gasteiger charge is -2.32. The summed E-state index contributed by atoms with van der Waals surface area (Å²) in [5, 5.41) is 18.2. The van der Waals surface area contributed by atoms with E-state index < -0.39 is 36.3 Å². The standard InChI is InChI=1S/C52H66N8O6/c1-33(53-3)47(61)57-43(51(65)59-30-12-24-45(59)49(63)55-41-21-10-17-37-15-5-7-19-39(37)41)23-9-14-35-26-28-36(29-27-35)32-44(58-48(62)34(2)54-4)52(66)60-31-13-25-46(60)50(64)56-42-22-11-18-38-16-6-8-20-40(38)42/h5-8,15-16,19-20,26-29,33-34,41-46,53-54H,10-13,17-18,21-25,30-32H2,1-4H3,(H,55,63)(H,56,64)(H,57,61)(H,58,62)/t33-,34-,41?,42+,43-,44-,45-,46-/m0/s1. The van der Waals surface area contributed by atoms with Gasteiger partial charge in [0.15, 0.2) is 0 Å². The molecule has 1 unspecified atom stereocenters. The number of hydrogen-bond donors (Lipinski definition) is 6. The smallest absolute Gasteiger partial charge is 0.246 e. The van der Waals surface area contributed by atoms with Gasteiger partial charge in [-0.25, -0.2) is 0 Å². The van der Waals surface area contributed by atoms with Gasteiger partial charge in [0.25, 0.3) is 0 Å². The molecule has 0 saturated carbocycles. The maximum absolute atomic E-state index is 14.4. The third-order valence-corrected chi connectivity index (χ3v) is 13.9. The van der Waals surface area contributed by atoms with Crippen LogP contribution < -0.4 is 31.9 Å². The number of carbonyl (C=O) groups is 6. The van der Waals surface area contributed by atoms with Gasteiger partial charge in [0.1, 0.15) is 24.2 Å². The summed E-state index contributed by atoms with van der Waals surface area (Å²) in [7, 11) is 3.35. The first-order valence-electron chi connectivity index (χ1n) is 23.9. The first-order valence-corrected chi connectivity index (χ1v) is 23.9.